The monoisotopic (exact) mass is 322 g/mol. The molecular weight excluding hydrogens is 300 g/mol. The van der Waals surface area contributed by atoms with Crippen LogP contribution in [-0.4, -0.2) is 19.2 Å². The van der Waals surface area contributed by atoms with Crippen LogP contribution in [0.5, 0.6) is 0 Å². The molecule has 0 amide bonds. The summed E-state index contributed by atoms with van der Waals surface area (Å²) in [6.07, 6.45) is 1.43. The molecular formula is C16H22N2O3S. The second-order valence-electron chi connectivity index (χ2n) is 5.66. The van der Waals surface area contributed by atoms with Crippen molar-refractivity contribution in [1.82, 2.24) is 9.71 Å². The van der Waals surface area contributed by atoms with Crippen LogP contribution in [0.1, 0.15) is 36.5 Å². The number of rotatable bonds is 6. The van der Waals surface area contributed by atoms with Gasteiger partial charge in [-0.15, -0.1) is 0 Å². The summed E-state index contributed by atoms with van der Waals surface area (Å²) in [5, 5.41) is 0.938. The van der Waals surface area contributed by atoms with Gasteiger partial charge in [0.2, 0.25) is 10.0 Å². The minimum Gasteiger partial charge on any atom is -0.322 e. The van der Waals surface area contributed by atoms with E-state index >= 15 is 0 Å². The molecule has 2 rings (SSSR count). The maximum Gasteiger partial charge on any atom is 0.252 e. The Labute approximate surface area is 130 Å². The van der Waals surface area contributed by atoms with Crippen molar-refractivity contribution in [3.8, 4) is 0 Å². The molecule has 0 aliphatic rings. The summed E-state index contributed by atoms with van der Waals surface area (Å²) < 4.78 is 26.2. The highest BCUT2D eigenvalue weighted by atomic mass is 32.2. The van der Waals surface area contributed by atoms with E-state index in [0.29, 0.717) is 12.0 Å². The number of pyridine rings is 1. The zero-order valence-electron chi connectivity index (χ0n) is 13.2. The molecule has 0 atom stereocenters. The number of unbranched alkanes of at least 4 members (excludes halogenated alkanes) is 1. The number of hydrogen-bond acceptors (Lipinski definition) is 3. The zero-order valence-corrected chi connectivity index (χ0v) is 14.0. The topological polar surface area (TPSA) is 79.0 Å². The number of nitrogens with one attached hydrogen (secondary N) is 2. The quantitative estimate of drug-likeness (QED) is 0.857. The smallest absolute Gasteiger partial charge is 0.252 e. The highest BCUT2D eigenvalue weighted by Crippen LogP contribution is 2.18. The van der Waals surface area contributed by atoms with Crippen molar-refractivity contribution in [2.45, 2.75) is 40.2 Å². The summed E-state index contributed by atoms with van der Waals surface area (Å²) in [5.41, 5.74) is 3.09. The Morgan fingerprint density at radius 2 is 1.91 bits per heavy atom. The van der Waals surface area contributed by atoms with Crippen LogP contribution in [0.3, 0.4) is 0 Å². The van der Waals surface area contributed by atoms with Gasteiger partial charge in [0.15, 0.2) is 0 Å². The number of H-pyrrole nitrogens is 1. The predicted molar refractivity (Wildman–Crippen MR) is 89.6 cm³/mol. The zero-order chi connectivity index (χ0) is 16.3. The molecule has 0 saturated heterocycles. The Bertz CT molecular complexity index is 838. The molecule has 1 heterocycles. The van der Waals surface area contributed by atoms with Crippen LogP contribution in [0.2, 0.25) is 0 Å². The molecule has 0 bridgehead atoms. The van der Waals surface area contributed by atoms with E-state index in [1.165, 1.54) is 0 Å². The molecule has 0 aliphatic heterocycles. The number of aromatic nitrogens is 1. The molecule has 0 fully saturated rings. The summed E-state index contributed by atoms with van der Waals surface area (Å²) in [6, 6.07) is 5.72. The molecule has 2 aromatic rings. The van der Waals surface area contributed by atoms with E-state index in [1.54, 1.807) is 6.07 Å². The van der Waals surface area contributed by atoms with Gasteiger partial charge in [0, 0.05) is 23.0 Å². The average molecular weight is 322 g/mol. The molecule has 120 valence electrons. The minimum absolute atomic E-state index is 0.0185. The number of sulfonamides is 1. The third-order valence-corrected chi connectivity index (χ3v) is 5.05. The predicted octanol–water partition coefficient (Wildman–Crippen LogP) is 2.36. The van der Waals surface area contributed by atoms with Crippen molar-refractivity contribution in [2.24, 2.45) is 0 Å². The van der Waals surface area contributed by atoms with Crippen LogP contribution in [0, 0.1) is 13.8 Å². The summed E-state index contributed by atoms with van der Waals surface area (Å²) in [6.45, 7) is 5.91. The van der Waals surface area contributed by atoms with E-state index in [1.807, 2.05) is 32.9 Å². The van der Waals surface area contributed by atoms with E-state index in [9.17, 15) is 13.2 Å². The minimum atomic E-state index is -3.33. The molecule has 22 heavy (non-hydrogen) atoms. The third kappa shape index (κ3) is 3.96. The molecule has 0 spiro atoms. The van der Waals surface area contributed by atoms with Gasteiger partial charge < -0.3 is 4.98 Å². The van der Waals surface area contributed by atoms with Gasteiger partial charge in [0.25, 0.3) is 5.56 Å². The van der Waals surface area contributed by atoms with E-state index in [-0.39, 0.29) is 17.9 Å². The van der Waals surface area contributed by atoms with E-state index in [0.717, 1.165) is 28.5 Å². The van der Waals surface area contributed by atoms with Crippen molar-refractivity contribution in [3.63, 3.8) is 0 Å². The lowest BCUT2D eigenvalue weighted by atomic mass is 10.0. The van der Waals surface area contributed by atoms with Gasteiger partial charge in [-0.05, 0) is 43.5 Å². The SMILES string of the molecule is CCCCS(=O)(=O)NCc1cc2c(C)cc(C)cc2[nH]c1=O. The van der Waals surface area contributed by atoms with Gasteiger partial charge in [-0.25, -0.2) is 13.1 Å². The van der Waals surface area contributed by atoms with Crippen molar-refractivity contribution in [1.29, 1.82) is 0 Å². The number of fused-ring (bicyclic) bond motifs is 1. The van der Waals surface area contributed by atoms with E-state index < -0.39 is 10.0 Å². The number of aromatic amines is 1. The van der Waals surface area contributed by atoms with Crippen molar-refractivity contribution >= 4 is 20.9 Å². The van der Waals surface area contributed by atoms with Gasteiger partial charge in [-0.3, -0.25) is 4.79 Å². The first-order valence-corrected chi connectivity index (χ1v) is 9.08. The number of aryl methyl sites for hydroxylation is 2. The fourth-order valence-electron chi connectivity index (χ4n) is 2.44. The Balaban J connectivity index is 2.29. The second kappa shape index (κ2) is 6.62. The fourth-order valence-corrected chi connectivity index (χ4v) is 3.63. The van der Waals surface area contributed by atoms with Crippen molar-refractivity contribution < 1.29 is 8.42 Å². The lowest BCUT2D eigenvalue weighted by Gasteiger charge is -2.09. The molecule has 0 aliphatic carbocycles. The number of hydrogen-bond donors (Lipinski definition) is 2. The van der Waals surface area contributed by atoms with Crippen LogP contribution >= 0.6 is 0 Å². The Kier molecular flexibility index (Phi) is 5.03. The Morgan fingerprint density at radius 3 is 2.59 bits per heavy atom. The van der Waals surface area contributed by atoms with Gasteiger partial charge in [-0.2, -0.15) is 0 Å². The molecule has 2 N–H and O–H groups in total. The summed E-state index contributed by atoms with van der Waals surface area (Å²) in [4.78, 5) is 14.9. The summed E-state index contributed by atoms with van der Waals surface area (Å²) in [5.74, 6) is 0.0905. The maximum absolute atomic E-state index is 12.1. The standard InChI is InChI=1S/C16H22N2O3S/c1-4-5-6-22(20,21)17-10-13-9-14-12(3)7-11(2)8-15(14)18-16(13)19/h7-9,17H,4-6,10H2,1-3H3,(H,18,19). The molecule has 0 radical (unpaired) electrons. The highest BCUT2D eigenvalue weighted by molar-refractivity contribution is 7.89. The first kappa shape index (κ1) is 16.7. The lowest BCUT2D eigenvalue weighted by Crippen LogP contribution is -2.28. The maximum atomic E-state index is 12.1. The first-order chi connectivity index (χ1) is 10.3. The van der Waals surface area contributed by atoms with Crippen LogP contribution in [0.25, 0.3) is 10.9 Å². The fraction of sp³-hybridized carbons (Fsp3) is 0.438. The van der Waals surface area contributed by atoms with Crippen LogP contribution in [-0.2, 0) is 16.6 Å². The summed E-state index contributed by atoms with van der Waals surface area (Å²) >= 11 is 0. The molecule has 1 aromatic carbocycles. The van der Waals surface area contributed by atoms with Crippen LogP contribution < -0.4 is 10.3 Å². The molecule has 0 unspecified atom stereocenters. The van der Waals surface area contributed by atoms with Gasteiger partial charge in [0.05, 0.1) is 5.75 Å². The lowest BCUT2D eigenvalue weighted by molar-refractivity contribution is 0.577. The average Bonchev–Trinajstić information content (AvgIpc) is 2.43. The number of benzene rings is 1. The molecule has 0 saturated carbocycles. The van der Waals surface area contributed by atoms with E-state index in [2.05, 4.69) is 9.71 Å². The molecule has 1 aromatic heterocycles. The second-order valence-corrected chi connectivity index (χ2v) is 7.59. The van der Waals surface area contributed by atoms with Crippen molar-refractivity contribution in [3.05, 3.63) is 45.2 Å². The van der Waals surface area contributed by atoms with Crippen molar-refractivity contribution in [2.75, 3.05) is 5.75 Å². The van der Waals surface area contributed by atoms with E-state index in [4.69, 9.17) is 0 Å². The van der Waals surface area contributed by atoms with Gasteiger partial charge in [0.1, 0.15) is 0 Å². The highest BCUT2D eigenvalue weighted by Gasteiger charge is 2.11. The Hall–Kier alpha value is -1.66. The summed E-state index contributed by atoms with van der Waals surface area (Å²) in [7, 11) is -3.33. The largest absolute Gasteiger partial charge is 0.322 e. The first-order valence-electron chi connectivity index (χ1n) is 7.43. The Morgan fingerprint density at radius 1 is 1.18 bits per heavy atom. The third-order valence-electron chi connectivity index (χ3n) is 3.64. The van der Waals surface area contributed by atoms with Crippen LogP contribution in [0.4, 0.5) is 0 Å². The molecule has 5 nitrogen and oxygen atoms in total. The normalized spacial score (nSPS) is 12.0. The molecule has 6 heteroatoms. The van der Waals surface area contributed by atoms with Gasteiger partial charge in [-0.1, -0.05) is 19.4 Å². The van der Waals surface area contributed by atoms with Crippen LogP contribution in [0.15, 0.2) is 23.0 Å². The van der Waals surface area contributed by atoms with Gasteiger partial charge >= 0.3 is 0 Å².